The van der Waals surface area contributed by atoms with Gasteiger partial charge in [0, 0.05) is 11.2 Å². The molecule has 2 rings (SSSR count). The summed E-state index contributed by atoms with van der Waals surface area (Å²) in [5, 5.41) is 11.3. The van der Waals surface area contributed by atoms with Gasteiger partial charge in [0.1, 0.15) is 0 Å². The summed E-state index contributed by atoms with van der Waals surface area (Å²) in [5.74, 6) is 0. The molecule has 14 heavy (non-hydrogen) atoms. The third-order valence-corrected chi connectivity index (χ3v) is 2.11. The Labute approximate surface area is 86.7 Å². The van der Waals surface area contributed by atoms with Crippen molar-refractivity contribution in [3.8, 4) is 0 Å². The van der Waals surface area contributed by atoms with Gasteiger partial charge in [-0.3, -0.25) is 5.01 Å². The van der Waals surface area contributed by atoms with Gasteiger partial charge in [-0.25, -0.2) is 0 Å². The predicted octanol–water partition coefficient (Wildman–Crippen LogP) is 1.00. The van der Waals surface area contributed by atoms with E-state index in [-0.39, 0.29) is 6.61 Å². The first-order valence-corrected chi connectivity index (χ1v) is 4.55. The Balaban J connectivity index is 2.21. The smallest absolute Gasteiger partial charge is 0.0857 e. The molecule has 1 aromatic carbocycles. The largest absolute Gasteiger partial charge is 0.390 e. The van der Waals surface area contributed by atoms with E-state index in [1.165, 1.54) is 0 Å². The van der Waals surface area contributed by atoms with E-state index in [0.29, 0.717) is 10.7 Å². The highest BCUT2D eigenvalue weighted by Gasteiger charge is 2.11. The molecule has 1 aromatic rings. The lowest BCUT2D eigenvalue weighted by Crippen LogP contribution is -2.36. The second-order valence-corrected chi connectivity index (χ2v) is 3.34. The Kier molecular flexibility index (Phi) is 2.58. The topological polar surface area (TPSA) is 47.5 Å². The van der Waals surface area contributed by atoms with Gasteiger partial charge in [-0.2, -0.15) is 0 Å². The van der Waals surface area contributed by atoms with Gasteiger partial charge in [0.15, 0.2) is 0 Å². The molecule has 0 atom stereocenters. The molecule has 0 fully saturated rings. The summed E-state index contributed by atoms with van der Waals surface area (Å²) in [4.78, 5) is 0. The molecule has 0 aliphatic carbocycles. The van der Waals surface area contributed by atoms with Crippen molar-refractivity contribution in [2.75, 3.05) is 11.6 Å². The fourth-order valence-corrected chi connectivity index (χ4v) is 1.38. The second-order valence-electron chi connectivity index (χ2n) is 2.90. The van der Waals surface area contributed by atoms with Crippen LogP contribution in [0.2, 0.25) is 5.02 Å². The molecule has 5 heteroatoms. The zero-order valence-corrected chi connectivity index (χ0v) is 8.12. The zero-order chi connectivity index (χ0) is 9.97. The van der Waals surface area contributed by atoms with Gasteiger partial charge in [0.25, 0.3) is 0 Å². The lowest BCUT2D eigenvalue weighted by molar-refractivity contribution is 0.321. The maximum atomic E-state index is 8.86. The zero-order valence-electron chi connectivity index (χ0n) is 7.37. The van der Waals surface area contributed by atoms with Gasteiger partial charge in [-0.15, -0.1) is 5.53 Å². The fraction of sp³-hybridized carbons (Fsp3) is 0.111. The number of hydrazine groups is 2. The summed E-state index contributed by atoms with van der Waals surface area (Å²) >= 11 is 5.85. The third kappa shape index (κ3) is 1.82. The molecule has 0 spiro atoms. The Morgan fingerprint density at radius 3 is 2.93 bits per heavy atom. The summed E-state index contributed by atoms with van der Waals surface area (Å²) in [7, 11) is 0. The molecule has 1 aliphatic heterocycles. The minimum absolute atomic E-state index is 0.0237. The quantitative estimate of drug-likeness (QED) is 0.683. The number of nitrogens with zero attached hydrogens (tertiary/aromatic N) is 1. The lowest BCUT2D eigenvalue weighted by atomic mass is 10.3. The van der Waals surface area contributed by atoms with Crippen molar-refractivity contribution < 1.29 is 5.11 Å². The van der Waals surface area contributed by atoms with Gasteiger partial charge >= 0.3 is 0 Å². The maximum Gasteiger partial charge on any atom is 0.0857 e. The fourth-order valence-electron chi connectivity index (χ4n) is 1.20. The van der Waals surface area contributed by atoms with E-state index in [2.05, 4.69) is 11.0 Å². The minimum atomic E-state index is -0.0237. The summed E-state index contributed by atoms with van der Waals surface area (Å²) in [6.07, 6.45) is 1.77. The van der Waals surface area contributed by atoms with E-state index in [1.54, 1.807) is 11.2 Å². The maximum absolute atomic E-state index is 8.86. The molecular weight excluding hydrogens is 202 g/mol. The van der Waals surface area contributed by atoms with Gasteiger partial charge < -0.3 is 10.5 Å². The van der Waals surface area contributed by atoms with Crippen LogP contribution in [0.15, 0.2) is 36.2 Å². The third-order valence-electron chi connectivity index (χ3n) is 1.88. The normalized spacial score (nSPS) is 15.3. The van der Waals surface area contributed by atoms with E-state index >= 15 is 0 Å². The highest BCUT2D eigenvalue weighted by molar-refractivity contribution is 6.30. The SMILES string of the molecule is OCC1=CN(c2cccc(Cl)c2)NN1. The first-order valence-electron chi connectivity index (χ1n) is 4.17. The van der Waals surface area contributed by atoms with Crippen LogP contribution < -0.4 is 16.0 Å². The van der Waals surface area contributed by atoms with Gasteiger partial charge in [-0.1, -0.05) is 17.7 Å². The van der Waals surface area contributed by atoms with Crippen LogP contribution in [0.5, 0.6) is 0 Å². The van der Waals surface area contributed by atoms with Gasteiger partial charge in [0.2, 0.25) is 0 Å². The highest BCUT2D eigenvalue weighted by Crippen LogP contribution is 2.19. The van der Waals surface area contributed by atoms with E-state index in [9.17, 15) is 0 Å². The molecule has 1 heterocycles. The number of anilines is 1. The van der Waals surface area contributed by atoms with Crippen LogP contribution in [0.4, 0.5) is 5.69 Å². The Morgan fingerprint density at radius 2 is 2.29 bits per heavy atom. The van der Waals surface area contributed by atoms with Crippen molar-refractivity contribution in [1.82, 2.24) is 11.0 Å². The van der Waals surface area contributed by atoms with E-state index in [1.807, 2.05) is 24.3 Å². The molecule has 74 valence electrons. The summed E-state index contributed by atoms with van der Waals surface area (Å²) in [6, 6.07) is 7.42. The van der Waals surface area contributed by atoms with Crippen LogP contribution in [-0.4, -0.2) is 11.7 Å². The summed E-state index contributed by atoms with van der Waals surface area (Å²) in [5.41, 5.74) is 7.32. The average Bonchev–Trinajstić information content (AvgIpc) is 2.66. The van der Waals surface area contributed by atoms with E-state index < -0.39 is 0 Å². The monoisotopic (exact) mass is 211 g/mol. The van der Waals surface area contributed by atoms with Gasteiger partial charge in [-0.05, 0) is 18.2 Å². The van der Waals surface area contributed by atoms with Crippen molar-refractivity contribution in [2.45, 2.75) is 0 Å². The van der Waals surface area contributed by atoms with Crippen molar-refractivity contribution in [3.05, 3.63) is 41.2 Å². The number of rotatable bonds is 2. The molecule has 0 radical (unpaired) electrons. The van der Waals surface area contributed by atoms with Crippen LogP contribution >= 0.6 is 11.6 Å². The molecule has 0 bridgehead atoms. The van der Waals surface area contributed by atoms with Crippen LogP contribution in [-0.2, 0) is 0 Å². The molecule has 0 saturated heterocycles. The number of nitrogens with one attached hydrogen (secondary N) is 2. The van der Waals surface area contributed by atoms with Crippen LogP contribution in [0, 0.1) is 0 Å². The van der Waals surface area contributed by atoms with Crippen LogP contribution in [0.3, 0.4) is 0 Å². The molecular formula is C9H10ClN3O. The number of aliphatic hydroxyl groups is 1. The second kappa shape index (κ2) is 3.88. The number of hydrogen-bond donors (Lipinski definition) is 3. The number of halogens is 1. The molecule has 0 aromatic heterocycles. The molecule has 3 N–H and O–H groups in total. The molecule has 1 aliphatic rings. The van der Waals surface area contributed by atoms with Gasteiger partial charge in [0.05, 0.1) is 18.0 Å². The minimum Gasteiger partial charge on any atom is -0.390 e. The molecule has 4 nitrogen and oxygen atoms in total. The van der Waals surface area contributed by atoms with Crippen molar-refractivity contribution >= 4 is 17.3 Å². The van der Waals surface area contributed by atoms with Crippen molar-refractivity contribution in [2.24, 2.45) is 0 Å². The van der Waals surface area contributed by atoms with E-state index in [0.717, 1.165) is 5.69 Å². The standard InChI is InChI=1S/C9H10ClN3O/c10-7-2-1-3-9(4-7)13-5-8(6-14)11-12-13/h1-5,11-12,14H,6H2. The Bertz CT molecular complexity index is 367. The molecule has 0 amide bonds. The van der Waals surface area contributed by atoms with E-state index in [4.69, 9.17) is 16.7 Å². The lowest BCUT2D eigenvalue weighted by Gasteiger charge is -2.14. The molecule has 0 unspecified atom stereocenters. The summed E-state index contributed by atoms with van der Waals surface area (Å²) in [6.45, 7) is -0.0237. The van der Waals surface area contributed by atoms with Crippen molar-refractivity contribution in [1.29, 1.82) is 0 Å². The first-order chi connectivity index (χ1) is 6.79. The Morgan fingerprint density at radius 1 is 1.43 bits per heavy atom. The number of hydrogen-bond acceptors (Lipinski definition) is 4. The molecule has 0 saturated carbocycles. The summed E-state index contributed by atoms with van der Waals surface area (Å²) < 4.78 is 0. The highest BCUT2D eigenvalue weighted by atomic mass is 35.5. The van der Waals surface area contributed by atoms with Crippen LogP contribution in [0.1, 0.15) is 0 Å². The Hall–Kier alpha value is -1.23. The first kappa shape index (κ1) is 9.33. The number of benzene rings is 1. The predicted molar refractivity (Wildman–Crippen MR) is 55.4 cm³/mol. The average molecular weight is 212 g/mol. The number of aliphatic hydroxyl groups excluding tert-OH is 1. The van der Waals surface area contributed by atoms with Crippen molar-refractivity contribution in [3.63, 3.8) is 0 Å². The van der Waals surface area contributed by atoms with Crippen LogP contribution in [0.25, 0.3) is 0 Å².